The molecular formula is C20H19BrN2O4. The first kappa shape index (κ1) is 19.1. The normalized spacial score (nSPS) is 16.1. The maximum Gasteiger partial charge on any atom is 0.328 e. The molecule has 0 aromatic heterocycles. The van der Waals surface area contributed by atoms with Gasteiger partial charge in [0.15, 0.2) is 0 Å². The number of methoxy groups -OCH3 is 1. The van der Waals surface area contributed by atoms with Crippen molar-refractivity contribution in [2.75, 3.05) is 19.0 Å². The highest BCUT2D eigenvalue weighted by molar-refractivity contribution is 9.10. The molecule has 2 amide bonds. The van der Waals surface area contributed by atoms with Crippen molar-refractivity contribution >= 4 is 39.4 Å². The Bertz CT molecular complexity index is 884. The largest absolute Gasteiger partial charge is 0.467 e. The number of rotatable bonds is 4. The third-order valence-corrected chi connectivity index (χ3v) is 4.93. The minimum Gasteiger partial charge on any atom is -0.467 e. The van der Waals surface area contributed by atoms with E-state index in [-0.39, 0.29) is 11.8 Å². The zero-order valence-corrected chi connectivity index (χ0v) is 16.4. The van der Waals surface area contributed by atoms with Crippen molar-refractivity contribution in [3.05, 3.63) is 64.1 Å². The van der Waals surface area contributed by atoms with Crippen LogP contribution in [0.5, 0.6) is 0 Å². The lowest BCUT2D eigenvalue weighted by atomic mass is 10.1. The highest BCUT2D eigenvalue weighted by atomic mass is 79.9. The van der Waals surface area contributed by atoms with Crippen molar-refractivity contribution in [2.45, 2.75) is 18.9 Å². The number of anilines is 1. The predicted octanol–water partition coefficient (Wildman–Crippen LogP) is 3.48. The van der Waals surface area contributed by atoms with Crippen LogP contribution in [-0.2, 0) is 9.53 Å². The van der Waals surface area contributed by atoms with Gasteiger partial charge in [0, 0.05) is 27.8 Å². The van der Waals surface area contributed by atoms with Crippen molar-refractivity contribution in [3.8, 4) is 0 Å². The molecule has 1 aliphatic heterocycles. The molecule has 2 aromatic carbocycles. The molecule has 2 aromatic rings. The molecular weight excluding hydrogens is 412 g/mol. The minimum atomic E-state index is -0.553. The van der Waals surface area contributed by atoms with Gasteiger partial charge >= 0.3 is 5.97 Å². The molecule has 1 atom stereocenters. The molecule has 0 radical (unpaired) electrons. The lowest BCUT2D eigenvalue weighted by Gasteiger charge is -2.23. The summed E-state index contributed by atoms with van der Waals surface area (Å²) in [6, 6.07) is 13.2. The minimum absolute atomic E-state index is 0.249. The van der Waals surface area contributed by atoms with E-state index in [2.05, 4.69) is 21.2 Å². The number of likely N-dealkylation sites (tertiary alicyclic amines) is 1. The topological polar surface area (TPSA) is 75.7 Å². The van der Waals surface area contributed by atoms with E-state index in [4.69, 9.17) is 4.74 Å². The average Bonchev–Trinajstić information content (AvgIpc) is 3.16. The maximum atomic E-state index is 12.8. The Morgan fingerprint density at radius 3 is 2.59 bits per heavy atom. The standard InChI is InChI=1S/C20H19BrN2O4/c1-27-20(26)17-9-4-10-23(17)19(25)14-6-3-8-16(12-14)22-18(24)13-5-2-7-15(21)11-13/h2-3,5-8,11-12,17H,4,9-10H2,1H3,(H,22,24). The first-order valence-corrected chi connectivity index (χ1v) is 9.34. The van der Waals surface area contributed by atoms with Gasteiger partial charge in [-0.05, 0) is 49.2 Å². The van der Waals surface area contributed by atoms with Gasteiger partial charge in [-0.25, -0.2) is 4.79 Å². The molecule has 0 aliphatic carbocycles. The van der Waals surface area contributed by atoms with Gasteiger partial charge in [-0.2, -0.15) is 0 Å². The van der Waals surface area contributed by atoms with Crippen molar-refractivity contribution in [3.63, 3.8) is 0 Å². The van der Waals surface area contributed by atoms with Crippen LogP contribution < -0.4 is 5.32 Å². The van der Waals surface area contributed by atoms with Gasteiger partial charge in [0.25, 0.3) is 11.8 Å². The molecule has 0 bridgehead atoms. The molecule has 7 heteroatoms. The molecule has 0 saturated carbocycles. The summed E-state index contributed by atoms with van der Waals surface area (Å²) in [6.07, 6.45) is 1.35. The van der Waals surface area contributed by atoms with E-state index in [1.807, 2.05) is 6.07 Å². The second-order valence-electron chi connectivity index (χ2n) is 6.23. The number of carbonyl (C=O) groups is 3. The van der Waals surface area contributed by atoms with Crippen molar-refractivity contribution in [1.82, 2.24) is 4.90 Å². The lowest BCUT2D eigenvalue weighted by Crippen LogP contribution is -2.41. The number of hydrogen-bond acceptors (Lipinski definition) is 4. The van der Waals surface area contributed by atoms with E-state index in [9.17, 15) is 14.4 Å². The Labute approximate surface area is 165 Å². The first-order valence-electron chi connectivity index (χ1n) is 8.55. The number of hydrogen-bond donors (Lipinski definition) is 1. The Balaban J connectivity index is 1.76. The Hall–Kier alpha value is -2.67. The number of esters is 1. The van der Waals surface area contributed by atoms with Gasteiger partial charge in [0.05, 0.1) is 7.11 Å². The van der Waals surface area contributed by atoms with Gasteiger partial charge in [-0.1, -0.05) is 28.1 Å². The van der Waals surface area contributed by atoms with Gasteiger partial charge in [-0.3, -0.25) is 9.59 Å². The average molecular weight is 431 g/mol. The highest BCUT2D eigenvalue weighted by Crippen LogP contribution is 2.23. The lowest BCUT2D eigenvalue weighted by molar-refractivity contribution is -0.145. The summed E-state index contributed by atoms with van der Waals surface area (Å²) in [4.78, 5) is 38.6. The molecule has 1 N–H and O–H groups in total. The maximum absolute atomic E-state index is 12.8. The van der Waals surface area contributed by atoms with E-state index in [0.717, 1.165) is 10.9 Å². The molecule has 6 nitrogen and oxygen atoms in total. The third-order valence-electron chi connectivity index (χ3n) is 4.44. The van der Waals surface area contributed by atoms with E-state index in [1.165, 1.54) is 12.0 Å². The van der Waals surface area contributed by atoms with Crippen LogP contribution in [0.25, 0.3) is 0 Å². The summed E-state index contributed by atoms with van der Waals surface area (Å²) in [5, 5.41) is 2.79. The Kier molecular flexibility index (Phi) is 5.91. The predicted molar refractivity (Wildman–Crippen MR) is 105 cm³/mol. The van der Waals surface area contributed by atoms with Crippen LogP contribution in [0.3, 0.4) is 0 Å². The second kappa shape index (κ2) is 8.35. The van der Waals surface area contributed by atoms with Crippen LogP contribution in [0, 0.1) is 0 Å². The summed E-state index contributed by atoms with van der Waals surface area (Å²) < 4.78 is 5.60. The van der Waals surface area contributed by atoms with E-state index >= 15 is 0 Å². The van der Waals surface area contributed by atoms with Gasteiger partial charge < -0.3 is 15.0 Å². The van der Waals surface area contributed by atoms with E-state index in [0.29, 0.717) is 29.8 Å². The number of nitrogens with zero attached hydrogens (tertiary/aromatic N) is 1. The SMILES string of the molecule is COC(=O)C1CCCN1C(=O)c1cccc(NC(=O)c2cccc(Br)c2)c1. The van der Waals surface area contributed by atoms with E-state index in [1.54, 1.807) is 42.5 Å². The van der Waals surface area contributed by atoms with Crippen molar-refractivity contribution < 1.29 is 19.1 Å². The van der Waals surface area contributed by atoms with Crippen molar-refractivity contribution in [1.29, 1.82) is 0 Å². The summed E-state index contributed by atoms with van der Waals surface area (Å²) >= 11 is 3.34. The molecule has 3 rings (SSSR count). The second-order valence-corrected chi connectivity index (χ2v) is 7.14. The number of carbonyl (C=O) groups excluding carboxylic acids is 3. The Morgan fingerprint density at radius 2 is 1.85 bits per heavy atom. The molecule has 1 heterocycles. The van der Waals surface area contributed by atoms with Crippen LogP contribution in [0.4, 0.5) is 5.69 Å². The van der Waals surface area contributed by atoms with Crippen LogP contribution in [0.15, 0.2) is 53.0 Å². The van der Waals surface area contributed by atoms with Crippen LogP contribution >= 0.6 is 15.9 Å². The number of benzene rings is 2. The highest BCUT2D eigenvalue weighted by Gasteiger charge is 2.35. The Morgan fingerprint density at radius 1 is 1.11 bits per heavy atom. The molecule has 1 aliphatic rings. The zero-order valence-electron chi connectivity index (χ0n) is 14.8. The molecule has 0 spiro atoms. The first-order chi connectivity index (χ1) is 13.0. The summed E-state index contributed by atoms with van der Waals surface area (Å²) in [5.41, 5.74) is 1.43. The fourth-order valence-electron chi connectivity index (χ4n) is 3.12. The van der Waals surface area contributed by atoms with Gasteiger partial charge in [0.1, 0.15) is 6.04 Å². The monoisotopic (exact) mass is 430 g/mol. The summed E-state index contributed by atoms with van der Waals surface area (Å²) in [5.74, 6) is -0.920. The molecule has 1 saturated heterocycles. The van der Waals surface area contributed by atoms with Gasteiger partial charge in [0.2, 0.25) is 0 Å². The molecule has 1 unspecified atom stereocenters. The van der Waals surface area contributed by atoms with Crippen LogP contribution in [0.1, 0.15) is 33.6 Å². The smallest absolute Gasteiger partial charge is 0.328 e. The fourth-order valence-corrected chi connectivity index (χ4v) is 3.52. The fraction of sp³-hybridized carbons (Fsp3) is 0.250. The number of halogens is 1. The van der Waals surface area contributed by atoms with Crippen molar-refractivity contribution in [2.24, 2.45) is 0 Å². The third kappa shape index (κ3) is 4.36. The number of nitrogens with one attached hydrogen (secondary N) is 1. The molecule has 27 heavy (non-hydrogen) atoms. The molecule has 140 valence electrons. The van der Waals surface area contributed by atoms with Gasteiger partial charge in [-0.15, -0.1) is 0 Å². The molecule has 1 fully saturated rings. The zero-order chi connectivity index (χ0) is 19.4. The quantitative estimate of drug-likeness (QED) is 0.753. The van der Waals surface area contributed by atoms with E-state index < -0.39 is 12.0 Å². The van der Waals surface area contributed by atoms with Crippen LogP contribution in [0.2, 0.25) is 0 Å². The number of amides is 2. The summed E-state index contributed by atoms with van der Waals surface area (Å²) in [6.45, 7) is 0.507. The van der Waals surface area contributed by atoms with Crippen LogP contribution in [-0.4, -0.2) is 42.4 Å². The summed E-state index contributed by atoms with van der Waals surface area (Å²) in [7, 11) is 1.32. The number of ether oxygens (including phenoxy) is 1.